The van der Waals surface area contributed by atoms with Crippen molar-refractivity contribution in [2.45, 2.75) is 31.7 Å². The molecule has 0 bridgehead atoms. The van der Waals surface area contributed by atoms with E-state index in [-0.39, 0.29) is 0 Å². The summed E-state index contributed by atoms with van der Waals surface area (Å²) in [5.41, 5.74) is 4.70. The van der Waals surface area contributed by atoms with Gasteiger partial charge in [-0.25, -0.2) is 0 Å². The number of hydrogen-bond donors (Lipinski definition) is 1. The third-order valence-electron chi connectivity index (χ3n) is 3.35. The molecule has 0 spiro atoms. The summed E-state index contributed by atoms with van der Waals surface area (Å²) in [6, 6.07) is 7.71. The normalized spacial score (nSPS) is 25.4. The SMILES string of the molecule is c1cc2c(cc1[C@@H]1CCN1)CCC2. The van der Waals surface area contributed by atoms with Crippen molar-refractivity contribution < 1.29 is 0 Å². The van der Waals surface area contributed by atoms with Gasteiger partial charge in [-0.1, -0.05) is 18.2 Å². The smallest absolute Gasteiger partial charge is 0.0332 e. The Bertz CT molecular complexity index is 326. The Balaban J connectivity index is 1.95. The first kappa shape index (κ1) is 7.57. The molecule has 1 atom stereocenters. The Kier molecular flexibility index (Phi) is 1.66. The molecular weight excluding hydrogens is 158 g/mol. The molecule has 1 fully saturated rings. The monoisotopic (exact) mass is 173 g/mol. The summed E-state index contributed by atoms with van der Waals surface area (Å²) < 4.78 is 0. The summed E-state index contributed by atoms with van der Waals surface area (Å²) in [4.78, 5) is 0. The first-order valence-electron chi connectivity index (χ1n) is 5.28. The van der Waals surface area contributed by atoms with Crippen LogP contribution in [0.4, 0.5) is 0 Å². The minimum atomic E-state index is 0.658. The highest BCUT2D eigenvalue weighted by Crippen LogP contribution is 2.28. The number of nitrogens with one attached hydrogen (secondary N) is 1. The summed E-state index contributed by atoms with van der Waals surface area (Å²) in [6.07, 6.45) is 5.28. The van der Waals surface area contributed by atoms with Crippen LogP contribution in [-0.4, -0.2) is 6.54 Å². The topological polar surface area (TPSA) is 12.0 Å². The average Bonchev–Trinajstić information content (AvgIpc) is 2.47. The van der Waals surface area contributed by atoms with Crippen LogP contribution in [0, 0.1) is 0 Å². The lowest BCUT2D eigenvalue weighted by Crippen LogP contribution is -2.34. The van der Waals surface area contributed by atoms with Gasteiger partial charge in [0.1, 0.15) is 0 Å². The minimum Gasteiger partial charge on any atom is -0.310 e. The summed E-state index contributed by atoms with van der Waals surface area (Å²) in [5.74, 6) is 0. The van der Waals surface area contributed by atoms with Crippen LogP contribution in [0.1, 0.15) is 35.6 Å². The molecule has 68 valence electrons. The molecule has 0 radical (unpaired) electrons. The second-order valence-corrected chi connectivity index (χ2v) is 4.18. The van der Waals surface area contributed by atoms with Gasteiger partial charge in [-0.3, -0.25) is 0 Å². The van der Waals surface area contributed by atoms with Crippen molar-refractivity contribution in [3.8, 4) is 0 Å². The van der Waals surface area contributed by atoms with Crippen molar-refractivity contribution >= 4 is 0 Å². The van der Waals surface area contributed by atoms with E-state index in [4.69, 9.17) is 0 Å². The molecule has 0 aromatic heterocycles. The average molecular weight is 173 g/mol. The Morgan fingerprint density at radius 1 is 1.15 bits per heavy atom. The van der Waals surface area contributed by atoms with Crippen LogP contribution in [0.5, 0.6) is 0 Å². The van der Waals surface area contributed by atoms with E-state index in [2.05, 4.69) is 23.5 Å². The molecule has 13 heavy (non-hydrogen) atoms. The maximum Gasteiger partial charge on any atom is 0.0332 e. The highest BCUT2D eigenvalue weighted by molar-refractivity contribution is 5.37. The van der Waals surface area contributed by atoms with E-state index in [1.165, 1.54) is 37.8 Å². The summed E-state index contributed by atoms with van der Waals surface area (Å²) in [7, 11) is 0. The van der Waals surface area contributed by atoms with Crippen molar-refractivity contribution in [1.82, 2.24) is 5.32 Å². The molecule has 0 saturated carbocycles. The standard InChI is InChI=1S/C12H15N/c1-2-9-4-5-11(8-10(9)3-1)12-6-7-13-12/h4-5,8,12-13H,1-3,6-7H2/t12-/m0/s1. The van der Waals surface area contributed by atoms with Gasteiger partial charge in [-0.15, -0.1) is 0 Å². The van der Waals surface area contributed by atoms with Gasteiger partial charge in [0.25, 0.3) is 0 Å². The molecule has 1 aromatic rings. The number of benzene rings is 1. The fourth-order valence-electron chi connectivity index (χ4n) is 2.38. The summed E-state index contributed by atoms with van der Waals surface area (Å²) in [5, 5.41) is 3.45. The van der Waals surface area contributed by atoms with E-state index >= 15 is 0 Å². The van der Waals surface area contributed by atoms with Gasteiger partial charge in [0.15, 0.2) is 0 Å². The predicted octanol–water partition coefficient (Wildman–Crippen LogP) is 2.21. The summed E-state index contributed by atoms with van der Waals surface area (Å²) in [6.45, 7) is 1.20. The van der Waals surface area contributed by atoms with E-state index < -0.39 is 0 Å². The molecule has 1 aliphatic carbocycles. The van der Waals surface area contributed by atoms with Gasteiger partial charge in [-0.05, 0) is 48.9 Å². The Labute approximate surface area is 79.2 Å². The van der Waals surface area contributed by atoms with Crippen molar-refractivity contribution in [3.63, 3.8) is 0 Å². The Morgan fingerprint density at radius 2 is 2.00 bits per heavy atom. The van der Waals surface area contributed by atoms with Gasteiger partial charge >= 0.3 is 0 Å². The van der Waals surface area contributed by atoms with Crippen LogP contribution in [0.2, 0.25) is 0 Å². The zero-order chi connectivity index (χ0) is 8.67. The largest absolute Gasteiger partial charge is 0.310 e. The van der Waals surface area contributed by atoms with Crippen molar-refractivity contribution in [3.05, 3.63) is 34.9 Å². The van der Waals surface area contributed by atoms with Crippen LogP contribution in [-0.2, 0) is 12.8 Å². The molecule has 2 aliphatic rings. The molecule has 1 N–H and O–H groups in total. The van der Waals surface area contributed by atoms with Crippen LogP contribution in [0.3, 0.4) is 0 Å². The number of fused-ring (bicyclic) bond motifs is 1. The fourth-order valence-corrected chi connectivity index (χ4v) is 2.38. The maximum absolute atomic E-state index is 3.45. The molecule has 1 heteroatoms. The van der Waals surface area contributed by atoms with E-state index in [1.807, 2.05) is 0 Å². The molecule has 3 rings (SSSR count). The number of hydrogen-bond acceptors (Lipinski definition) is 1. The van der Waals surface area contributed by atoms with Crippen molar-refractivity contribution in [1.29, 1.82) is 0 Å². The minimum absolute atomic E-state index is 0.658. The Morgan fingerprint density at radius 3 is 2.77 bits per heavy atom. The zero-order valence-corrected chi connectivity index (χ0v) is 7.84. The van der Waals surface area contributed by atoms with Gasteiger partial charge in [0.2, 0.25) is 0 Å². The highest BCUT2D eigenvalue weighted by Gasteiger charge is 2.20. The predicted molar refractivity (Wildman–Crippen MR) is 53.8 cm³/mol. The van der Waals surface area contributed by atoms with Crippen molar-refractivity contribution in [2.75, 3.05) is 6.54 Å². The molecule has 1 heterocycles. The highest BCUT2D eigenvalue weighted by atomic mass is 15.0. The molecule has 0 amide bonds. The third kappa shape index (κ3) is 1.19. The second kappa shape index (κ2) is 2.85. The maximum atomic E-state index is 3.45. The molecule has 0 unspecified atom stereocenters. The van der Waals surface area contributed by atoms with Crippen LogP contribution >= 0.6 is 0 Å². The molecule has 1 saturated heterocycles. The molecule has 1 aliphatic heterocycles. The lowest BCUT2D eigenvalue weighted by molar-refractivity contribution is 0.383. The van der Waals surface area contributed by atoms with E-state index in [0.717, 1.165) is 0 Å². The second-order valence-electron chi connectivity index (χ2n) is 4.18. The van der Waals surface area contributed by atoms with Gasteiger partial charge in [0.05, 0.1) is 0 Å². The lowest BCUT2D eigenvalue weighted by Gasteiger charge is -2.28. The van der Waals surface area contributed by atoms with E-state index in [0.29, 0.717) is 6.04 Å². The summed E-state index contributed by atoms with van der Waals surface area (Å²) >= 11 is 0. The van der Waals surface area contributed by atoms with E-state index in [1.54, 1.807) is 11.1 Å². The van der Waals surface area contributed by atoms with Crippen LogP contribution < -0.4 is 5.32 Å². The first-order chi connectivity index (χ1) is 6.43. The third-order valence-corrected chi connectivity index (χ3v) is 3.35. The number of rotatable bonds is 1. The molecular formula is C12H15N. The van der Waals surface area contributed by atoms with Crippen molar-refractivity contribution in [2.24, 2.45) is 0 Å². The van der Waals surface area contributed by atoms with Gasteiger partial charge < -0.3 is 5.32 Å². The fraction of sp³-hybridized carbons (Fsp3) is 0.500. The van der Waals surface area contributed by atoms with E-state index in [9.17, 15) is 0 Å². The molecule has 1 nitrogen and oxygen atoms in total. The quantitative estimate of drug-likeness (QED) is 0.686. The first-order valence-corrected chi connectivity index (χ1v) is 5.28. The van der Waals surface area contributed by atoms with Crippen LogP contribution in [0.15, 0.2) is 18.2 Å². The van der Waals surface area contributed by atoms with Gasteiger partial charge in [0, 0.05) is 6.04 Å². The lowest BCUT2D eigenvalue weighted by atomic mass is 9.95. The van der Waals surface area contributed by atoms with Gasteiger partial charge in [-0.2, -0.15) is 0 Å². The Hall–Kier alpha value is -0.820. The number of aryl methyl sites for hydroxylation is 2. The molecule has 1 aromatic carbocycles. The van der Waals surface area contributed by atoms with Crippen LogP contribution in [0.25, 0.3) is 0 Å². The zero-order valence-electron chi connectivity index (χ0n) is 7.84.